The van der Waals surface area contributed by atoms with Gasteiger partial charge >= 0.3 is 0 Å². The first kappa shape index (κ1) is 25.9. The number of benzene rings is 1. The zero-order valence-electron chi connectivity index (χ0n) is 17.5. The van der Waals surface area contributed by atoms with Crippen LogP contribution in [0.15, 0.2) is 23.2 Å². The summed E-state index contributed by atoms with van der Waals surface area (Å²) in [6.45, 7) is 12.4. The summed E-state index contributed by atoms with van der Waals surface area (Å²) in [5.41, 5.74) is 2.29. The summed E-state index contributed by atoms with van der Waals surface area (Å²) in [4.78, 5) is 6.74. The van der Waals surface area contributed by atoms with Crippen LogP contribution in [0.4, 0.5) is 0 Å². The first-order valence-electron chi connectivity index (χ1n) is 9.52. The molecule has 0 atom stereocenters. The number of ether oxygens (including phenoxy) is 2. The van der Waals surface area contributed by atoms with Gasteiger partial charge in [-0.15, -0.1) is 24.0 Å². The molecule has 1 aromatic carbocycles. The van der Waals surface area contributed by atoms with Crippen molar-refractivity contribution in [2.75, 3.05) is 53.6 Å². The van der Waals surface area contributed by atoms with Gasteiger partial charge < -0.3 is 25.0 Å². The minimum absolute atomic E-state index is 0. The molecule has 156 valence electrons. The van der Waals surface area contributed by atoms with E-state index in [2.05, 4.69) is 59.5 Å². The van der Waals surface area contributed by atoms with Gasteiger partial charge in [-0.2, -0.15) is 0 Å². The third-order valence-corrected chi connectivity index (χ3v) is 4.15. The molecule has 27 heavy (non-hydrogen) atoms. The van der Waals surface area contributed by atoms with E-state index in [1.165, 1.54) is 12.0 Å². The Kier molecular flexibility index (Phi) is 15.3. The van der Waals surface area contributed by atoms with Crippen LogP contribution in [0.25, 0.3) is 0 Å². The summed E-state index contributed by atoms with van der Waals surface area (Å²) < 4.78 is 10.9. The van der Waals surface area contributed by atoms with Crippen LogP contribution in [0.3, 0.4) is 0 Å². The van der Waals surface area contributed by atoms with Crippen molar-refractivity contribution in [2.45, 2.75) is 33.7 Å². The van der Waals surface area contributed by atoms with Gasteiger partial charge in [-0.1, -0.05) is 26.0 Å². The molecule has 0 aliphatic carbocycles. The molecule has 1 aromatic rings. The molecule has 0 aromatic heterocycles. The average molecular weight is 492 g/mol. The van der Waals surface area contributed by atoms with Gasteiger partial charge in [-0.3, -0.25) is 4.99 Å². The van der Waals surface area contributed by atoms with Crippen molar-refractivity contribution in [3.05, 3.63) is 29.3 Å². The molecule has 0 aliphatic heterocycles. The van der Waals surface area contributed by atoms with Gasteiger partial charge in [0.05, 0.1) is 6.61 Å². The number of aliphatic imine (C=N–C) groups is 1. The van der Waals surface area contributed by atoms with Crippen molar-refractivity contribution < 1.29 is 9.47 Å². The Balaban J connectivity index is 0.00000676. The first-order valence-corrected chi connectivity index (χ1v) is 9.52. The highest BCUT2D eigenvalue weighted by atomic mass is 127. The SMILES string of the molecule is CCCN(CC)CCNC(=NC)NCc1ccc(C)cc1OCCOC.I. The second-order valence-electron chi connectivity index (χ2n) is 6.24. The summed E-state index contributed by atoms with van der Waals surface area (Å²) in [7, 11) is 3.47. The monoisotopic (exact) mass is 492 g/mol. The molecule has 6 nitrogen and oxygen atoms in total. The molecular weight excluding hydrogens is 455 g/mol. The predicted molar refractivity (Wildman–Crippen MR) is 125 cm³/mol. The quantitative estimate of drug-likeness (QED) is 0.203. The molecule has 0 heterocycles. The van der Waals surface area contributed by atoms with Crippen LogP contribution in [-0.2, 0) is 11.3 Å². The van der Waals surface area contributed by atoms with Crippen molar-refractivity contribution in [3.8, 4) is 5.75 Å². The first-order chi connectivity index (χ1) is 12.6. The topological polar surface area (TPSA) is 58.1 Å². The van der Waals surface area contributed by atoms with Crippen LogP contribution < -0.4 is 15.4 Å². The van der Waals surface area contributed by atoms with E-state index < -0.39 is 0 Å². The summed E-state index contributed by atoms with van der Waals surface area (Å²) in [5, 5.41) is 6.75. The number of guanidine groups is 1. The van der Waals surface area contributed by atoms with E-state index in [0.717, 1.165) is 43.5 Å². The highest BCUT2D eigenvalue weighted by Gasteiger charge is 2.07. The second kappa shape index (κ2) is 15.9. The summed E-state index contributed by atoms with van der Waals surface area (Å²) in [6, 6.07) is 6.25. The largest absolute Gasteiger partial charge is 0.491 e. The number of aryl methyl sites for hydroxylation is 1. The lowest BCUT2D eigenvalue weighted by molar-refractivity contribution is 0.145. The molecule has 0 spiro atoms. The Morgan fingerprint density at radius 3 is 2.56 bits per heavy atom. The Hall–Kier alpha value is -1.06. The second-order valence-corrected chi connectivity index (χ2v) is 6.24. The van der Waals surface area contributed by atoms with Crippen molar-refractivity contribution in [1.29, 1.82) is 0 Å². The Morgan fingerprint density at radius 2 is 1.93 bits per heavy atom. The summed E-state index contributed by atoms with van der Waals surface area (Å²) in [5.74, 6) is 1.70. The Labute approximate surface area is 182 Å². The summed E-state index contributed by atoms with van der Waals surface area (Å²) >= 11 is 0. The molecule has 0 aliphatic rings. The smallest absolute Gasteiger partial charge is 0.191 e. The van der Waals surface area contributed by atoms with Crippen LogP contribution in [0.1, 0.15) is 31.4 Å². The summed E-state index contributed by atoms with van der Waals surface area (Å²) in [6.07, 6.45) is 1.18. The number of rotatable bonds is 12. The molecule has 0 radical (unpaired) electrons. The van der Waals surface area contributed by atoms with Gasteiger partial charge in [0.25, 0.3) is 0 Å². The van der Waals surface area contributed by atoms with E-state index in [1.54, 1.807) is 14.2 Å². The normalized spacial score (nSPS) is 11.3. The third kappa shape index (κ3) is 10.8. The van der Waals surface area contributed by atoms with Gasteiger partial charge in [0, 0.05) is 39.4 Å². The molecule has 0 saturated heterocycles. The van der Waals surface area contributed by atoms with Crippen LogP contribution in [0.5, 0.6) is 5.75 Å². The van der Waals surface area contributed by atoms with Crippen LogP contribution in [-0.4, -0.2) is 64.4 Å². The molecule has 0 fully saturated rings. The minimum atomic E-state index is 0. The van der Waals surface area contributed by atoms with Gasteiger partial charge in [0.2, 0.25) is 0 Å². The van der Waals surface area contributed by atoms with Gasteiger partial charge in [0.1, 0.15) is 12.4 Å². The standard InChI is InChI=1S/C20H36N4O2.HI/c1-6-11-24(7-2)12-10-22-20(21-4)23-16-18-9-8-17(3)15-19(18)26-14-13-25-5;/h8-9,15H,6-7,10-14,16H2,1-5H3,(H2,21,22,23);1H. The maximum absolute atomic E-state index is 5.85. The maximum atomic E-state index is 5.85. The van der Waals surface area contributed by atoms with Crippen LogP contribution in [0.2, 0.25) is 0 Å². The van der Waals surface area contributed by atoms with E-state index >= 15 is 0 Å². The molecule has 0 amide bonds. The van der Waals surface area contributed by atoms with Crippen LogP contribution >= 0.6 is 24.0 Å². The molecule has 2 N–H and O–H groups in total. The maximum Gasteiger partial charge on any atom is 0.191 e. The Bertz CT molecular complexity index is 541. The lowest BCUT2D eigenvalue weighted by Gasteiger charge is -2.20. The average Bonchev–Trinajstić information content (AvgIpc) is 2.65. The fourth-order valence-corrected chi connectivity index (χ4v) is 2.65. The highest BCUT2D eigenvalue weighted by Crippen LogP contribution is 2.20. The van der Waals surface area contributed by atoms with Crippen molar-refractivity contribution >= 4 is 29.9 Å². The minimum Gasteiger partial charge on any atom is -0.491 e. The van der Waals surface area contributed by atoms with Gasteiger partial charge in [-0.05, 0) is 38.1 Å². The Morgan fingerprint density at radius 1 is 1.15 bits per heavy atom. The molecule has 0 bridgehead atoms. The number of halogens is 1. The number of hydrogen-bond acceptors (Lipinski definition) is 4. The number of nitrogens with zero attached hydrogens (tertiary/aromatic N) is 2. The lowest BCUT2D eigenvalue weighted by atomic mass is 10.1. The van der Waals surface area contributed by atoms with Crippen molar-refractivity contribution in [2.24, 2.45) is 4.99 Å². The number of hydrogen-bond donors (Lipinski definition) is 2. The number of likely N-dealkylation sites (N-methyl/N-ethyl adjacent to an activating group) is 1. The van der Waals surface area contributed by atoms with E-state index in [9.17, 15) is 0 Å². The number of nitrogens with one attached hydrogen (secondary N) is 2. The highest BCUT2D eigenvalue weighted by molar-refractivity contribution is 14.0. The number of methoxy groups -OCH3 is 1. The van der Waals surface area contributed by atoms with E-state index in [-0.39, 0.29) is 24.0 Å². The van der Waals surface area contributed by atoms with Crippen LogP contribution in [0, 0.1) is 6.92 Å². The van der Waals surface area contributed by atoms with E-state index in [0.29, 0.717) is 19.8 Å². The molecule has 1 rings (SSSR count). The third-order valence-electron chi connectivity index (χ3n) is 4.15. The fourth-order valence-electron chi connectivity index (χ4n) is 2.65. The fraction of sp³-hybridized carbons (Fsp3) is 0.650. The molecule has 7 heteroatoms. The van der Waals surface area contributed by atoms with Crippen molar-refractivity contribution in [3.63, 3.8) is 0 Å². The van der Waals surface area contributed by atoms with E-state index in [4.69, 9.17) is 9.47 Å². The van der Waals surface area contributed by atoms with Crippen molar-refractivity contribution in [1.82, 2.24) is 15.5 Å². The van der Waals surface area contributed by atoms with E-state index in [1.807, 2.05) is 0 Å². The van der Waals surface area contributed by atoms with Gasteiger partial charge in [0.15, 0.2) is 5.96 Å². The van der Waals surface area contributed by atoms with Gasteiger partial charge in [-0.25, -0.2) is 0 Å². The molecular formula is C20H37IN4O2. The lowest BCUT2D eigenvalue weighted by Crippen LogP contribution is -2.41. The molecule has 0 saturated carbocycles. The predicted octanol–water partition coefficient (Wildman–Crippen LogP) is 3.04. The zero-order valence-corrected chi connectivity index (χ0v) is 19.8. The molecule has 0 unspecified atom stereocenters. The zero-order chi connectivity index (χ0) is 19.2.